The molecule has 112 valence electrons. The van der Waals surface area contributed by atoms with Gasteiger partial charge in [0.2, 0.25) is 5.91 Å². The van der Waals surface area contributed by atoms with E-state index >= 15 is 0 Å². The molecule has 0 bridgehead atoms. The molecule has 0 aliphatic carbocycles. The van der Waals surface area contributed by atoms with E-state index in [1.165, 1.54) is 11.8 Å². The van der Waals surface area contributed by atoms with Crippen LogP contribution in [0.3, 0.4) is 0 Å². The lowest BCUT2D eigenvalue weighted by atomic mass is 10.2. The van der Waals surface area contributed by atoms with Crippen molar-refractivity contribution in [1.82, 2.24) is 5.32 Å². The summed E-state index contributed by atoms with van der Waals surface area (Å²) in [5, 5.41) is 19.9. The van der Waals surface area contributed by atoms with Gasteiger partial charge in [0.05, 0.1) is 17.4 Å². The molecule has 0 radical (unpaired) electrons. The van der Waals surface area contributed by atoms with Crippen LogP contribution >= 0.6 is 11.8 Å². The van der Waals surface area contributed by atoms with E-state index < -0.39 is 5.97 Å². The minimum absolute atomic E-state index is 0.0380. The number of carbonyl (C=O) groups is 2. The van der Waals surface area contributed by atoms with Crippen molar-refractivity contribution in [2.75, 3.05) is 12.3 Å². The fraction of sp³-hybridized carbons (Fsp3) is 0.400. The van der Waals surface area contributed by atoms with Crippen molar-refractivity contribution >= 4 is 23.6 Å². The summed E-state index contributed by atoms with van der Waals surface area (Å²) in [5.74, 6) is 0.250. The number of aliphatic carboxylic acids is 1. The maximum Gasteiger partial charge on any atom is 0.303 e. The lowest BCUT2D eigenvalue weighted by Gasteiger charge is -2.05. The van der Waals surface area contributed by atoms with E-state index in [1.807, 2.05) is 12.1 Å². The maximum atomic E-state index is 11.5. The number of benzene rings is 1. The van der Waals surface area contributed by atoms with Gasteiger partial charge in [-0.15, -0.1) is 11.8 Å². The molecule has 0 aliphatic rings. The van der Waals surface area contributed by atoms with Crippen molar-refractivity contribution in [3.63, 3.8) is 0 Å². The van der Waals surface area contributed by atoms with Crippen LogP contribution < -0.4 is 5.32 Å². The smallest absolute Gasteiger partial charge is 0.303 e. The van der Waals surface area contributed by atoms with Crippen LogP contribution in [0.1, 0.15) is 30.4 Å². The Labute approximate surface area is 128 Å². The molecule has 0 atom stereocenters. The number of unbranched alkanes of at least 4 members (excludes halogenated alkanes) is 1. The number of hydrogen-bond donors (Lipinski definition) is 2. The van der Waals surface area contributed by atoms with Crippen molar-refractivity contribution in [3.05, 3.63) is 35.4 Å². The zero-order chi connectivity index (χ0) is 15.5. The fourth-order valence-electron chi connectivity index (χ4n) is 1.62. The minimum Gasteiger partial charge on any atom is -0.481 e. The van der Waals surface area contributed by atoms with E-state index in [0.717, 1.165) is 11.3 Å². The van der Waals surface area contributed by atoms with E-state index in [0.29, 0.717) is 30.7 Å². The molecule has 1 aromatic rings. The van der Waals surface area contributed by atoms with Crippen molar-refractivity contribution in [1.29, 1.82) is 5.26 Å². The highest BCUT2D eigenvalue weighted by atomic mass is 32.2. The first-order chi connectivity index (χ1) is 10.1. The number of thioether (sulfide) groups is 1. The van der Waals surface area contributed by atoms with Gasteiger partial charge in [-0.05, 0) is 30.5 Å². The van der Waals surface area contributed by atoms with Crippen LogP contribution in [0, 0.1) is 11.3 Å². The molecule has 6 heteroatoms. The average molecular weight is 306 g/mol. The molecule has 1 aromatic carbocycles. The molecule has 0 aliphatic heterocycles. The number of nitrogens with one attached hydrogen (secondary N) is 1. The molecule has 1 rings (SSSR count). The van der Waals surface area contributed by atoms with Crippen LogP contribution in [-0.2, 0) is 15.3 Å². The molecule has 0 saturated heterocycles. The van der Waals surface area contributed by atoms with Gasteiger partial charge >= 0.3 is 5.97 Å². The second-order valence-electron chi connectivity index (χ2n) is 4.50. The molecular weight excluding hydrogens is 288 g/mol. The second kappa shape index (κ2) is 9.83. The molecule has 2 N–H and O–H groups in total. The third kappa shape index (κ3) is 8.00. The molecular formula is C15H18N2O3S. The molecule has 0 fully saturated rings. The highest BCUT2D eigenvalue weighted by Crippen LogP contribution is 2.12. The summed E-state index contributed by atoms with van der Waals surface area (Å²) in [4.78, 5) is 21.8. The summed E-state index contributed by atoms with van der Waals surface area (Å²) in [7, 11) is 0. The summed E-state index contributed by atoms with van der Waals surface area (Å²) < 4.78 is 0. The summed E-state index contributed by atoms with van der Waals surface area (Å²) in [5.41, 5.74) is 1.70. The molecule has 21 heavy (non-hydrogen) atoms. The fourth-order valence-corrected chi connectivity index (χ4v) is 2.43. The normalized spacial score (nSPS) is 9.86. The Hall–Kier alpha value is -2.00. The highest BCUT2D eigenvalue weighted by Gasteiger charge is 2.02. The molecule has 1 amide bonds. The predicted octanol–water partition coefficient (Wildman–Crippen LogP) is 2.16. The van der Waals surface area contributed by atoms with Crippen LogP contribution in [0.4, 0.5) is 0 Å². The van der Waals surface area contributed by atoms with Crippen molar-refractivity contribution in [3.8, 4) is 6.07 Å². The van der Waals surface area contributed by atoms with E-state index in [9.17, 15) is 9.59 Å². The van der Waals surface area contributed by atoms with Gasteiger partial charge in [-0.3, -0.25) is 9.59 Å². The standard InChI is InChI=1S/C15H18N2O3S/c16-9-12-4-6-13(7-5-12)10-21-11-14(18)17-8-2-1-3-15(19)20/h4-7H,1-3,8,10-11H2,(H,17,18)(H,19,20). The Bertz CT molecular complexity index is 509. The van der Waals surface area contributed by atoms with Gasteiger partial charge in [-0.25, -0.2) is 0 Å². The SMILES string of the molecule is N#Cc1ccc(CSCC(=O)NCCCCC(=O)O)cc1. The molecule has 0 spiro atoms. The maximum absolute atomic E-state index is 11.5. The van der Waals surface area contributed by atoms with Crippen LogP contribution in [0.25, 0.3) is 0 Å². The summed E-state index contributed by atoms with van der Waals surface area (Å²) in [6, 6.07) is 9.35. The monoisotopic (exact) mass is 306 g/mol. The summed E-state index contributed by atoms with van der Waals surface area (Å²) >= 11 is 1.51. The van der Waals surface area contributed by atoms with E-state index in [2.05, 4.69) is 11.4 Å². The largest absolute Gasteiger partial charge is 0.481 e. The lowest BCUT2D eigenvalue weighted by molar-refractivity contribution is -0.137. The minimum atomic E-state index is -0.806. The third-order valence-corrected chi connectivity index (χ3v) is 3.73. The molecule has 0 unspecified atom stereocenters. The number of carboxylic acid groups (broad SMARTS) is 1. The molecule has 0 aromatic heterocycles. The van der Waals surface area contributed by atoms with Gasteiger partial charge < -0.3 is 10.4 Å². The Kier molecular flexibility index (Phi) is 7.99. The Morgan fingerprint density at radius 2 is 1.95 bits per heavy atom. The molecule has 0 heterocycles. The van der Waals surface area contributed by atoms with Crippen molar-refractivity contribution in [2.45, 2.75) is 25.0 Å². The first-order valence-electron chi connectivity index (χ1n) is 6.67. The zero-order valence-electron chi connectivity index (χ0n) is 11.7. The summed E-state index contributed by atoms with van der Waals surface area (Å²) in [6.45, 7) is 0.517. The summed E-state index contributed by atoms with van der Waals surface area (Å²) in [6.07, 6.45) is 1.40. The van der Waals surface area contributed by atoms with Crippen LogP contribution in [0.15, 0.2) is 24.3 Å². The van der Waals surface area contributed by atoms with Gasteiger partial charge in [-0.1, -0.05) is 12.1 Å². The van der Waals surface area contributed by atoms with Crippen LogP contribution in [0.2, 0.25) is 0 Å². The number of nitriles is 1. The highest BCUT2D eigenvalue weighted by molar-refractivity contribution is 7.99. The Morgan fingerprint density at radius 1 is 1.24 bits per heavy atom. The van der Waals surface area contributed by atoms with Crippen LogP contribution in [0.5, 0.6) is 0 Å². The number of amides is 1. The quantitative estimate of drug-likeness (QED) is 0.682. The number of carbonyl (C=O) groups excluding carboxylic acids is 1. The van der Waals surface area contributed by atoms with Crippen molar-refractivity contribution in [2.24, 2.45) is 0 Å². The number of hydrogen-bond acceptors (Lipinski definition) is 4. The zero-order valence-corrected chi connectivity index (χ0v) is 12.5. The number of carboxylic acids is 1. The average Bonchev–Trinajstić information content (AvgIpc) is 2.47. The predicted molar refractivity (Wildman–Crippen MR) is 81.8 cm³/mol. The number of nitrogens with zero attached hydrogens (tertiary/aromatic N) is 1. The Morgan fingerprint density at radius 3 is 2.57 bits per heavy atom. The van der Waals surface area contributed by atoms with Gasteiger partial charge in [0.15, 0.2) is 0 Å². The first-order valence-corrected chi connectivity index (χ1v) is 7.82. The Balaban J connectivity index is 2.10. The third-order valence-electron chi connectivity index (χ3n) is 2.72. The van der Waals surface area contributed by atoms with Gasteiger partial charge in [0.1, 0.15) is 0 Å². The number of rotatable bonds is 9. The van der Waals surface area contributed by atoms with Crippen molar-refractivity contribution < 1.29 is 14.7 Å². The van der Waals surface area contributed by atoms with E-state index in [1.54, 1.807) is 12.1 Å². The van der Waals surface area contributed by atoms with Gasteiger partial charge in [-0.2, -0.15) is 5.26 Å². The van der Waals surface area contributed by atoms with Gasteiger partial charge in [0.25, 0.3) is 0 Å². The van der Waals surface area contributed by atoms with Gasteiger partial charge in [0, 0.05) is 18.7 Å². The molecule has 0 saturated carbocycles. The van der Waals surface area contributed by atoms with Crippen LogP contribution in [-0.4, -0.2) is 29.3 Å². The topological polar surface area (TPSA) is 90.2 Å². The van der Waals surface area contributed by atoms with E-state index in [4.69, 9.17) is 10.4 Å². The lowest BCUT2D eigenvalue weighted by Crippen LogP contribution is -2.26. The van der Waals surface area contributed by atoms with E-state index in [-0.39, 0.29) is 12.3 Å². The molecule has 5 nitrogen and oxygen atoms in total. The first kappa shape index (κ1) is 17.1. The second-order valence-corrected chi connectivity index (χ2v) is 5.49.